The summed E-state index contributed by atoms with van der Waals surface area (Å²) in [5, 5.41) is 6.66. The second kappa shape index (κ2) is 4.28. The minimum Gasteiger partial charge on any atom is -0.338 e. The second-order valence-corrected chi connectivity index (χ2v) is 5.37. The number of aromatic nitrogens is 2. The maximum atomic E-state index is 12.2. The van der Waals surface area contributed by atoms with Gasteiger partial charge in [-0.1, -0.05) is 20.8 Å². The minimum atomic E-state index is 0.0219. The van der Waals surface area contributed by atoms with Crippen LogP contribution in [0, 0.1) is 12.3 Å². The maximum Gasteiger partial charge on any atom is 0.257 e. The van der Waals surface area contributed by atoms with Crippen LogP contribution in [-0.4, -0.2) is 34.1 Å². The summed E-state index contributed by atoms with van der Waals surface area (Å²) in [6.07, 6.45) is 1.59. The molecule has 0 spiro atoms. The van der Waals surface area contributed by atoms with Crippen molar-refractivity contribution in [3.63, 3.8) is 0 Å². The van der Waals surface area contributed by atoms with E-state index >= 15 is 0 Å². The van der Waals surface area contributed by atoms with Crippen LogP contribution in [-0.2, 0) is 0 Å². The van der Waals surface area contributed by atoms with E-state index in [-0.39, 0.29) is 17.4 Å². The van der Waals surface area contributed by atoms with E-state index in [1.165, 1.54) is 0 Å². The van der Waals surface area contributed by atoms with Gasteiger partial charge in [0.2, 0.25) is 0 Å². The summed E-state index contributed by atoms with van der Waals surface area (Å²) in [5.41, 5.74) is 1.54. The van der Waals surface area contributed by atoms with Gasteiger partial charge in [0.15, 0.2) is 0 Å². The molecule has 1 unspecified atom stereocenters. The Bertz CT molecular complexity index is 376. The highest BCUT2D eigenvalue weighted by Gasteiger charge is 2.28. The highest BCUT2D eigenvalue weighted by Crippen LogP contribution is 2.24. The van der Waals surface area contributed by atoms with Crippen molar-refractivity contribution < 1.29 is 4.79 Å². The van der Waals surface area contributed by atoms with Gasteiger partial charge >= 0.3 is 0 Å². The van der Waals surface area contributed by atoms with Crippen LogP contribution < -0.4 is 0 Å². The zero-order chi connectivity index (χ0) is 12.5. The number of aromatic amines is 1. The van der Waals surface area contributed by atoms with Crippen molar-refractivity contribution in [2.24, 2.45) is 5.41 Å². The topological polar surface area (TPSA) is 49.0 Å². The summed E-state index contributed by atoms with van der Waals surface area (Å²) in [5.74, 6) is 0.0219. The third-order valence-electron chi connectivity index (χ3n) is 3.21. The van der Waals surface area contributed by atoms with E-state index < -0.39 is 0 Å². The molecule has 0 aliphatic carbocycles. The highest BCUT2D eigenvalue weighted by molar-refractivity contribution is 5.95. The molecule has 16 heavy (non-hydrogen) atoms. The molecule has 0 radical (unpaired) electrons. The number of H-pyrrole nitrogens is 1. The first-order chi connectivity index (χ1) is 7.25. The molecule has 1 rings (SSSR count). The molecule has 4 nitrogen and oxygen atoms in total. The number of nitrogens with one attached hydrogen (secondary N) is 1. The Balaban J connectivity index is 2.88. The number of hydrogen-bond donors (Lipinski definition) is 1. The van der Waals surface area contributed by atoms with E-state index in [1.54, 1.807) is 11.1 Å². The molecule has 0 saturated heterocycles. The van der Waals surface area contributed by atoms with Gasteiger partial charge in [-0.2, -0.15) is 5.10 Å². The van der Waals surface area contributed by atoms with Gasteiger partial charge in [0.05, 0.1) is 11.8 Å². The fourth-order valence-electron chi connectivity index (χ4n) is 1.51. The number of aryl methyl sites for hydroxylation is 1. The van der Waals surface area contributed by atoms with Crippen LogP contribution in [0.25, 0.3) is 0 Å². The monoisotopic (exact) mass is 223 g/mol. The lowest BCUT2D eigenvalue weighted by atomic mass is 9.87. The van der Waals surface area contributed by atoms with Gasteiger partial charge in [-0.25, -0.2) is 0 Å². The summed E-state index contributed by atoms with van der Waals surface area (Å²) in [6.45, 7) is 10.3. The summed E-state index contributed by atoms with van der Waals surface area (Å²) in [7, 11) is 1.84. The van der Waals surface area contributed by atoms with E-state index in [9.17, 15) is 4.79 Å². The largest absolute Gasteiger partial charge is 0.338 e. The number of carbonyl (C=O) groups excluding carboxylic acids is 1. The van der Waals surface area contributed by atoms with E-state index in [2.05, 4.69) is 37.9 Å². The molecule has 90 valence electrons. The first-order valence-corrected chi connectivity index (χ1v) is 5.52. The molecule has 0 fully saturated rings. The van der Waals surface area contributed by atoms with Crippen molar-refractivity contribution >= 4 is 5.91 Å². The fraction of sp³-hybridized carbons (Fsp3) is 0.667. The summed E-state index contributed by atoms with van der Waals surface area (Å²) < 4.78 is 0. The molecule has 4 heteroatoms. The van der Waals surface area contributed by atoms with Crippen molar-refractivity contribution in [3.05, 3.63) is 17.5 Å². The number of nitrogens with zero attached hydrogens (tertiary/aromatic N) is 2. The molecule has 1 aromatic rings. The zero-order valence-corrected chi connectivity index (χ0v) is 11.0. The lowest BCUT2D eigenvalue weighted by Gasteiger charge is -2.35. The SMILES string of the molecule is Cc1[nH]ncc1C(=O)N(C)C(C)C(C)(C)C. The number of rotatable bonds is 2. The minimum absolute atomic E-state index is 0.0219. The van der Waals surface area contributed by atoms with Crippen LogP contribution >= 0.6 is 0 Å². The van der Waals surface area contributed by atoms with Gasteiger partial charge in [0, 0.05) is 18.8 Å². The average Bonchev–Trinajstić information content (AvgIpc) is 2.59. The number of hydrogen-bond acceptors (Lipinski definition) is 2. The second-order valence-electron chi connectivity index (χ2n) is 5.37. The Hall–Kier alpha value is -1.32. The van der Waals surface area contributed by atoms with Crippen LogP contribution in [0.1, 0.15) is 43.7 Å². The van der Waals surface area contributed by atoms with E-state index in [0.29, 0.717) is 5.56 Å². The quantitative estimate of drug-likeness (QED) is 0.835. The lowest BCUT2D eigenvalue weighted by Crippen LogP contribution is -2.43. The normalized spacial score (nSPS) is 13.6. The molecular weight excluding hydrogens is 202 g/mol. The number of carbonyl (C=O) groups is 1. The third kappa shape index (κ3) is 2.43. The Morgan fingerprint density at radius 1 is 1.50 bits per heavy atom. The summed E-state index contributed by atoms with van der Waals surface area (Å²) in [6, 6.07) is 0.175. The van der Waals surface area contributed by atoms with Crippen LogP contribution in [0.3, 0.4) is 0 Å². The van der Waals surface area contributed by atoms with Crippen molar-refractivity contribution in [1.29, 1.82) is 0 Å². The van der Waals surface area contributed by atoms with Crippen molar-refractivity contribution in [3.8, 4) is 0 Å². The van der Waals surface area contributed by atoms with Gasteiger partial charge in [-0.15, -0.1) is 0 Å². The van der Waals surface area contributed by atoms with Crippen molar-refractivity contribution in [1.82, 2.24) is 15.1 Å². The Labute approximate surface area is 97.0 Å². The van der Waals surface area contributed by atoms with Crippen LogP contribution in [0.15, 0.2) is 6.20 Å². The van der Waals surface area contributed by atoms with Crippen molar-refractivity contribution in [2.75, 3.05) is 7.05 Å². The average molecular weight is 223 g/mol. The maximum absolute atomic E-state index is 12.2. The molecule has 1 N–H and O–H groups in total. The zero-order valence-electron chi connectivity index (χ0n) is 11.0. The van der Waals surface area contributed by atoms with Crippen LogP contribution in [0.5, 0.6) is 0 Å². The molecule has 0 aromatic carbocycles. The van der Waals surface area contributed by atoms with Gasteiger partial charge in [-0.3, -0.25) is 9.89 Å². The molecule has 0 aliphatic rings. The molecule has 1 heterocycles. The molecule has 0 saturated carbocycles. The Kier molecular flexibility index (Phi) is 3.41. The lowest BCUT2D eigenvalue weighted by molar-refractivity contribution is 0.0628. The Morgan fingerprint density at radius 3 is 2.44 bits per heavy atom. The molecule has 0 aliphatic heterocycles. The van der Waals surface area contributed by atoms with E-state index in [0.717, 1.165) is 5.69 Å². The van der Waals surface area contributed by atoms with E-state index in [1.807, 2.05) is 14.0 Å². The van der Waals surface area contributed by atoms with Crippen LogP contribution in [0.2, 0.25) is 0 Å². The fourth-order valence-corrected chi connectivity index (χ4v) is 1.51. The summed E-state index contributed by atoms with van der Waals surface area (Å²) >= 11 is 0. The number of amides is 1. The van der Waals surface area contributed by atoms with E-state index in [4.69, 9.17) is 0 Å². The predicted octanol–water partition coefficient (Wildman–Crippen LogP) is 2.22. The first kappa shape index (κ1) is 12.7. The first-order valence-electron chi connectivity index (χ1n) is 5.52. The Morgan fingerprint density at radius 2 is 2.06 bits per heavy atom. The predicted molar refractivity (Wildman–Crippen MR) is 64.3 cm³/mol. The molecule has 1 atom stereocenters. The van der Waals surface area contributed by atoms with Gasteiger partial charge in [0.1, 0.15) is 0 Å². The molecular formula is C12H21N3O. The molecule has 1 aromatic heterocycles. The third-order valence-corrected chi connectivity index (χ3v) is 3.21. The standard InChI is InChI=1S/C12H21N3O/c1-8-10(7-13-14-8)11(16)15(6)9(2)12(3,4)5/h7,9H,1-6H3,(H,13,14). The van der Waals surface area contributed by atoms with Gasteiger partial charge in [-0.05, 0) is 19.3 Å². The summed E-state index contributed by atoms with van der Waals surface area (Å²) in [4.78, 5) is 14.0. The smallest absolute Gasteiger partial charge is 0.257 e. The van der Waals surface area contributed by atoms with Crippen LogP contribution in [0.4, 0.5) is 0 Å². The highest BCUT2D eigenvalue weighted by atomic mass is 16.2. The van der Waals surface area contributed by atoms with Crippen molar-refractivity contribution in [2.45, 2.75) is 40.7 Å². The molecule has 0 bridgehead atoms. The van der Waals surface area contributed by atoms with Gasteiger partial charge in [0.25, 0.3) is 5.91 Å². The van der Waals surface area contributed by atoms with Gasteiger partial charge < -0.3 is 4.90 Å². The molecule has 1 amide bonds.